The van der Waals surface area contributed by atoms with E-state index in [0.29, 0.717) is 11.4 Å². The van der Waals surface area contributed by atoms with E-state index in [1.807, 2.05) is 93.1 Å². The van der Waals surface area contributed by atoms with Gasteiger partial charge in [0, 0.05) is 24.8 Å². The van der Waals surface area contributed by atoms with Crippen molar-refractivity contribution < 1.29 is 6.85 Å². The SMILES string of the molecule is [2H]C([2H])([2H])c1ccc(-c2nccn2-c2c(C([2H])(C)C)cccc2C([2H])(C)C)cc1-c1ccccc1. The van der Waals surface area contributed by atoms with Crippen molar-refractivity contribution >= 4 is 0 Å². The lowest BCUT2D eigenvalue weighted by Crippen LogP contribution is -2.07. The van der Waals surface area contributed by atoms with Crippen molar-refractivity contribution in [2.75, 3.05) is 0 Å². The first-order valence-electron chi connectivity index (χ1n) is 12.7. The van der Waals surface area contributed by atoms with Gasteiger partial charge in [0.2, 0.25) is 0 Å². The summed E-state index contributed by atoms with van der Waals surface area (Å²) in [5.41, 5.74) is 4.83. The van der Waals surface area contributed by atoms with Gasteiger partial charge in [-0.05, 0) is 52.5 Å². The van der Waals surface area contributed by atoms with Crippen LogP contribution in [0.2, 0.25) is 0 Å². The number of imidazole rings is 1. The lowest BCUT2D eigenvalue weighted by Gasteiger charge is -2.22. The predicted octanol–water partition coefficient (Wildman–Crippen LogP) is 7.76. The molecule has 0 unspecified atom stereocenters. The summed E-state index contributed by atoms with van der Waals surface area (Å²) in [4.78, 5) is 4.64. The lowest BCUT2D eigenvalue weighted by atomic mass is 9.92. The smallest absolute Gasteiger partial charge is 0.144 e. The molecule has 0 amide bonds. The van der Waals surface area contributed by atoms with Gasteiger partial charge in [0.1, 0.15) is 5.82 Å². The van der Waals surface area contributed by atoms with E-state index in [-0.39, 0.29) is 5.56 Å². The van der Waals surface area contributed by atoms with E-state index in [1.54, 1.807) is 18.3 Å². The standard InChI is InChI=1S/C28H30N2/c1-19(2)24-12-9-13-25(20(3)4)27(24)30-17-16-29-28(30)23-15-14-21(5)26(18-23)22-10-7-6-8-11-22/h6-20H,1-5H3/i5D3,19D,20D. The first-order chi connectivity index (χ1) is 16.3. The molecule has 0 N–H and O–H groups in total. The molecule has 152 valence electrons. The van der Waals surface area contributed by atoms with Crippen molar-refractivity contribution in [2.24, 2.45) is 0 Å². The summed E-state index contributed by atoms with van der Waals surface area (Å²) >= 11 is 0. The van der Waals surface area contributed by atoms with Crippen LogP contribution in [0.15, 0.2) is 79.1 Å². The van der Waals surface area contributed by atoms with Gasteiger partial charge in [-0.25, -0.2) is 4.98 Å². The second-order valence-corrected chi connectivity index (χ2v) is 7.95. The summed E-state index contributed by atoms with van der Waals surface area (Å²) in [6, 6.07) is 20.5. The molecule has 30 heavy (non-hydrogen) atoms. The van der Waals surface area contributed by atoms with Crippen molar-refractivity contribution in [3.8, 4) is 28.2 Å². The quantitative estimate of drug-likeness (QED) is 0.335. The van der Waals surface area contributed by atoms with Gasteiger partial charge in [-0.1, -0.05) is 88.4 Å². The molecule has 1 heterocycles. The number of aryl methyl sites for hydroxylation is 1. The highest BCUT2D eigenvalue weighted by atomic mass is 15.1. The van der Waals surface area contributed by atoms with Gasteiger partial charge < -0.3 is 0 Å². The molecular weight excluding hydrogens is 364 g/mol. The zero-order chi connectivity index (χ0) is 25.6. The maximum absolute atomic E-state index is 8.78. The number of aromatic nitrogens is 2. The first-order valence-corrected chi connectivity index (χ1v) is 10.2. The predicted molar refractivity (Wildman–Crippen MR) is 127 cm³/mol. The summed E-state index contributed by atoms with van der Waals surface area (Å²) in [5.74, 6) is -1.18. The molecule has 4 aromatic rings. The second-order valence-electron chi connectivity index (χ2n) is 7.95. The highest BCUT2D eigenvalue weighted by Gasteiger charge is 2.19. The van der Waals surface area contributed by atoms with Gasteiger partial charge >= 0.3 is 0 Å². The van der Waals surface area contributed by atoms with Gasteiger partial charge in [0.05, 0.1) is 5.69 Å². The van der Waals surface area contributed by atoms with Crippen LogP contribution in [-0.4, -0.2) is 9.55 Å². The normalized spacial score (nSPS) is 15.0. The highest BCUT2D eigenvalue weighted by molar-refractivity contribution is 5.74. The summed E-state index contributed by atoms with van der Waals surface area (Å²) in [6.45, 7) is 5.08. The monoisotopic (exact) mass is 399 g/mol. The van der Waals surface area contributed by atoms with Crippen LogP contribution >= 0.6 is 0 Å². The van der Waals surface area contributed by atoms with Crippen LogP contribution in [0.5, 0.6) is 0 Å². The molecule has 0 atom stereocenters. The topological polar surface area (TPSA) is 17.8 Å². The fourth-order valence-corrected chi connectivity index (χ4v) is 3.85. The van der Waals surface area contributed by atoms with Gasteiger partial charge in [0.25, 0.3) is 0 Å². The zero-order valence-corrected chi connectivity index (χ0v) is 17.9. The number of hydrogen-bond acceptors (Lipinski definition) is 1. The third kappa shape index (κ3) is 3.70. The molecule has 2 heteroatoms. The van der Waals surface area contributed by atoms with Gasteiger partial charge in [-0.2, -0.15) is 0 Å². The maximum Gasteiger partial charge on any atom is 0.144 e. The molecule has 0 saturated carbocycles. The van der Waals surface area contributed by atoms with Crippen LogP contribution < -0.4 is 0 Å². The third-order valence-electron chi connectivity index (χ3n) is 5.36. The Morgan fingerprint density at radius 1 is 0.833 bits per heavy atom. The van der Waals surface area contributed by atoms with E-state index < -0.39 is 18.6 Å². The molecule has 0 saturated heterocycles. The van der Waals surface area contributed by atoms with Crippen molar-refractivity contribution in [3.63, 3.8) is 0 Å². The molecule has 0 radical (unpaired) electrons. The molecule has 0 aliphatic carbocycles. The molecule has 0 bridgehead atoms. The fourth-order valence-electron chi connectivity index (χ4n) is 3.85. The van der Waals surface area contributed by atoms with E-state index in [9.17, 15) is 0 Å². The molecule has 0 aliphatic rings. The molecule has 0 aliphatic heterocycles. The Morgan fingerprint density at radius 2 is 1.53 bits per heavy atom. The Bertz CT molecular complexity index is 1310. The van der Waals surface area contributed by atoms with Gasteiger partial charge in [0.15, 0.2) is 0 Å². The van der Waals surface area contributed by atoms with E-state index in [2.05, 4.69) is 4.98 Å². The number of benzene rings is 3. The molecule has 0 spiro atoms. The van der Waals surface area contributed by atoms with Crippen LogP contribution in [0, 0.1) is 6.85 Å². The van der Waals surface area contributed by atoms with Gasteiger partial charge in [-0.15, -0.1) is 0 Å². The van der Waals surface area contributed by atoms with Crippen LogP contribution in [0.1, 0.15) is 63.0 Å². The number of para-hydroxylation sites is 1. The Kier molecular flexibility index (Phi) is 4.10. The molecular formula is C28H30N2. The van der Waals surface area contributed by atoms with E-state index in [0.717, 1.165) is 27.9 Å². The molecule has 4 rings (SSSR count). The third-order valence-corrected chi connectivity index (χ3v) is 5.36. The van der Waals surface area contributed by atoms with Crippen LogP contribution in [-0.2, 0) is 0 Å². The van der Waals surface area contributed by atoms with Crippen molar-refractivity contribution in [2.45, 2.75) is 46.3 Å². The van der Waals surface area contributed by atoms with Crippen LogP contribution in [0.25, 0.3) is 28.2 Å². The van der Waals surface area contributed by atoms with Crippen LogP contribution in [0.3, 0.4) is 0 Å². The van der Waals surface area contributed by atoms with E-state index in [1.165, 1.54) is 0 Å². The molecule has 2 nitrogen and oxygen atoms in total. The number of rotatable bonds is 5. The lowest BCUT2D eigenvalue weighted by molar-refractivity contribution is 0.807. The van der Waals surface area contributed by atoms with Crippen molar-refractivity contribution in [1.29, 1.82) is 0 Å². The Hall–Kier alpha value is -3.13. The minimum absolute atomic E-state index is 0.284. The van der Waals surface area contributed by atoms with E-state index >= 15 is 0 Å². The van der Waals surface area contributed by atoms with Crippen molar-refractivity contribution in [1.82, 2.24) is 9.55 Å². The largest absolute Gasteiger partial charge is 0.299 e. The number of nitrogens with zero attached hydrogens (tertiary/aromatic N) is 2. The van der Waals surface area contributed by atoms with E-state index in [4.69, 9.17) is 6.85 Å². The van der Waals surface area contributed by atoms with Crippen molar-refractivity contribution in [3.05, 3.63) is 95.8 Å². The summed E-state index contributed by atoms with van der Waals surface area (Å²) < 4.78 is 43.6. The molecule has 1 aromatic heterocycles. The zero-order valence-electron chi connectivity index (χ0n) is 22.9. The highest BCUT2D eigenvalue weighted by Crippen LogP contribution is 2.35. The van der Waals surface area contributed by atoms with Gasteiger partial charge in [-0.3, -0.25) is 4.57 Å². The Labute approximate surface area is 187 Å². The minimum Gasteiger partial charge on any atom is -0.299 e. The minimum atomic E-state index is -2.26. The second kappa shape index (κ2) is 8.31. The Balaban J connectivity index is 1.99. The summed E-state index contributed by atoms with van der Waals surface area (Å²) in [5, 5.41) is 0. The average molecular weight is 400 g/mol. The fraction of sp³-hybridized carbons (Fsp3) is 0.250. The first kappa shape index (κ1) is 14.8. The maximum atomic E-state index is 8.78. The summed E-state index contributed by atoms with van der Waals surface area (Å²) in [7, 11) is 0. The number of hydrogen-bond donors (Lipinski definition) is 0. The molecule has 0 fully saturated rings. The molecule has 3 aromatic carbocycles. The summed E-state index contributed by atoms with van der Waals surface area (Å²) in [6.07, 6.45) is 3.54. The Morgan fingerprint density at radius 3 is 2.17 bits per heavy atom. The average Bonchev–Trinajstić information content (AvgIpc) is 3.26. The van der Waals surface area contributed by atoms with Crippen LogP contribution in [0.4, 0.5) is 0 Å².